The van der Waals surface area contributed by atoms with Crippen molar-refractivity contribution in [1.82, 2.24) is 15.5 Å². The molecule has 2 rings (SSSR count). The summed E-state index contributed by atoms with van der Waals surface area (Å²) >= 11 is 4.66. The first kappa shape index (κ1) is 13.0. The van der Waals surface area contributed by atoms with Gasteiger partial charge in [0.25, 0.3) is 5.91 Å². The van der Waals surface area contributed by atoms with Gasteiger partial charge in [0.2, 0.25) is 5.13 Å². The predicted octanol–water partition coefficient (Wildman–Crippen LogP) is 1.86. The van der Waals surface area contributed by atoms with Gasteiger partial charge in [-0.05, 0) is 24.3 Å². The first-order chi connectivity index (χ1) is 8.65. The Kier molecular flexibility index (Phi) is 4.27. The molecule has 7 heteroatoms. The highest BCUT2D eigenvalue weighted by molar-refractivity contribution is 9.10. The third kappa shape index (κ3) is 3.51. The Morgan fingerprint density at radius 3 is 2.67 bits per heavy atom. The molecule has 0 bridgehead atoms. The standard InChI is InChI=1S/C11H11BrN4OS/c12-8-3-1-7(2-4-8)10(17)14-6-5-9-15-16-11(13)18-9/h1-4H,5-6H2,(H2,13,16)(H,14,17). The number of nitrogen functional groups attached to an aromatic ring is 1. The van der Waals surface area contributed by atoms with E-state index in [1.807, 2.05) is 12.1 Å². The summed E-state index contributed by atoms with van der Waals surface area (Å²) in [4.78, 5) is 11.8. The Bertz CT molecular complexity index is 540. The van der Waals surface area contributed by atoms with E-state index in [0.29, 0.717) is 23.7 Å². The molecule has 1 aromatic carbocycles. The van der Waals surface area contributed by atoms with Crippen LogP contribution in [0.3, 0.4) is 0 Å². The number of carbonyl (C=O) groups is 1. The Hall–Kier alpha value is -1.47. The van der Waals surface area contributed by atoms with Crippen molar-refractivity contribution in [2.75, 3.05) is 12.3 Å². The highest BCUT2D eigenvalue weighted by atomic mass is 79.9. The molecule has 0 spiro atoms. The van der Waals surface area contributed by atoms with Crippen molar-refractivity contribution in [3.05, 3.63) is 39.3 Å². The second-order valence-electron chi connectivity index (χ2n) is 3.55. The zero-order chi connectivity index (χ0) is 13.0. The highest BCUT2D eigenvalue weighted by Crippen LogP contribution is 2.12. The topological polar surface area (TPSA) is 80.9 Å². The normalized spacial score (nSPS) is 10.3. The van der Waals surface area contributed by atoms with Gasteiger partial charge < -0.3 is 11.1 Å². The van der Waals surface area contributed by atoms with Gasteiger partial charge in [0, 0.05) is 23.0 Å². The molecular formula is C11H11BrN4OS. The average molecular weight is 327 g/mol. The summed E-state index contributed by atoms with van der Waals surface area (Å²) in [6.07, 6.45) is 0.636. The molecule has 0 aliphatic heterocycles. The molecule has 0 unspecified atom stereocenters. The lowest BCUT2D eigenvalue weighted by molar-refractivity contribution is 0.0954. The zero-order valence-electron chi connectivity index (χ0n) is 9.39. The number of nitrogens with two attached hydrogens (primary N) is 1. The van der Waals surface area contributed by atoms with Crippen LogP contribution in [0.25, 0.3) is 0 Å². The second kappa shape index (κ2) is 5.92. The Balaban J connectivity index is 1.83. The van der Waals surface area contributed by atoms with Crippen LogP contribution >= 0.6 is 27.3 Å². The number of nitrogens with zero attached hydrogens (tertiary/aromatic N) is 2. The van der Waals surface area contributed by atoms with Gasteiger partial charge in [-0.3, -0.25) is 4.79 Å². The van der Waals surface area contributed by atoms with Crippen LogP contribution in [0.5, 0.6) is 0 Å². The lowest BCUT2D eigenvalue weighted by Gasteiger charge is -2.03. The molecule has 18 heavy (non-hydrogen) atoms. The Morgan fingerprint density at radius 2 is 2.06 bits per heavy atom. The number of halogens is 1. The first-order valence-electron chi connectivity index (χ1n) is 5.27. The van der Waals surface area contributed by atoms with Gasteiger partial charge in [0.15, 0.2) is 0 Å². The third-order valence-electron chi connectivity index (χ3n) is 2.21. The highest BCUT2D eigenvalue weighted by Gasteiger charge is 2.05. The maximum absolute atomic E-state index is 11.8. The molecule has 0 fully saturated rings. The maximum Gasteiger partial charge on any atom is 0.251 e. The fraction of sp³-hybridized carbons (Fsp3) is 0.182. The Morgan fingerprint density at radius 1 is 1.33 bits per heavy atom. The molecule has 1 amide bonds. The van der Waals surface area contributed by atoms with Crippen molar-refractivity contribution in [3.8, 4) is 0 Å². The van der Waals surface area contributed by atoms with Gasteiger partial charge in [-0.25, -0.2) is 0 Å². The van der Waals surface area contributed by atoms with Crippen LogP contribution in [0.4, 0.5) is 5.13 Å². The van der Waals surface area contributed by atoms with Crippen LogP contribution in [-0.2, 0) is 6.42 Å². The van der Waals surface area contributed by atoms with Crippen molar-refractivity contribution in [3.63, 3.8) is 0 Å². The lowest BCUT2D eigenvalue weighted by Crippen LogP contribution is -2.25. The molecule has 5 nitrogen and oxygen atoms in total. The third-order valence-corrected chi connectivity index (χ3v) is 3.55. The van der Waals surface area contributed by atoms with E-state index in [2.05, 4.69) is 31.4 Å². The fourth-order valence-electron chi connectivity index (χ4n) is 1.35. The summed E-state index contributed by atoms with van der Waals surface area (Å²) in [6.45, 7) is 0.517. The summed E-state index contributed by atoms with van der Waals surface area (Å²) in [5.74, 6) is -0.0972. The summed E-state index contributed by atoms with van der Waals surface area (Å²) < 4.78 is 0.948. The van der Waals surface area contributed by atoms with Crippen LogP contribution in [-0.4, -0.2) is 22.6 Å². The van der Waals surface area contributed by atoms with E-state index < -0.39 is 0 Å². The minimum Gasteiger partial charge on any atom is -0.374 e. The van der Waals surface area contributed by atoms with Gasteiger partial charge in [0.1, 0.15) is 5.01 Å². The molecular weight excluding hydrogens is 316 g/mol. The molecule has 1 heterocycles. The van der Waals surface area contributed by atoms with E-state index in [0.717, 1.165) is 9.48 Å². The van der Waals surface area contributed by atoms with Gasteiger partial charge in [-0.1, -0.05) is 27.3 Å². The zero-order valence-corrected chi connectivity index (χ0v) is 11.8. The number of carbonyl (C=O) groups excluding carboxylic acids is 1. The second-order valence-corrected chi connectivity index (χ2v) is 5.56. The first-order valence-corrected chi connectivity index (χ1v) is 6.88. The summed E-state index contributed by atoms with van der Waals surface area (Å²) in [7, 11) is 0. The monoisotopic (exact) mass is 326 g/mol. The number of rotatable bonds is 4. The lowest BCUT2D eigenvalue weighted by atomic mass is 10.2. The summed E-state index contributed by atoms with van der Waals surface area (Å²) in [5.41, 5.74) is 6.10. The quantitative estimate of drug-likeness (QED) is 0.898. The molecule has 0 saturated carbocycles. The van der Waals surface area contributed by atoms with E-state index in [1.165, 1.54) is 11.3 Å². The predicted molar refractivity (Wildman–Crippen MR) is 74.5 cm³/mol. The molecule has 2 aromatic rings. The average Bonchev–Trinajstić information content (AvgIpc) is 2.76. The molecule has 3 N–H and O–H groups in total. The van der Waals surface area contributed by atoms with Crippen molar-refractivity contribution in [2.45, 2.75) is 6.42 Å². The Labute approximate surface area is 117 Å². The largest absolute Gasteiger partial charge is 0.374 e. The minimum absolute atomic E-state index is 0.0972. The molecule has 0 radical (unpaired) electrons. The van der Waals surface area contributed by atoms with Crippen molar-refractivity contribution in [1.29, 1.82) is 0 Å². The minimum atomic E-state index is -0.0972. The van der Waals surface area contributed by atoms with Gasteiger partial charge in [-0.15, -0.1) is 10.2 Å². The van der Waals surface area contributed by atoms with E-state index in [4.69, 9.17) is 5.73 Å². The van der Waals surface area contributed by atoms with E-state index >= 15 is 0 Å². The van der Waals surface area contributed by atoms with E-state index in [1.54, 1.807) is 12.1 Å². The molecule has 0 saturated heterocycles. The fourth-order valence-corrected chi connectivity index (χ4v) is 2.23. The van der Waals surface area contributed by atoms with E-state index in [-0.39, 0.29) is 5.91 Å². The number of hydrogen-bond acceptors (Lipinski definition) is 5. The van der Waals surface area contributed by atoms with Crippen LogP contribution in [0.15, 0.2) is 28.7 Å². The number of amides is 1. The summed E-state index contributed by atoms with van der Waals surface area (Å²) in [5, 5.41) is 11.7. The van der Waals surface area contributed by atoms with Crippen molar-refractivity contribution in [2.24, 2.45) is 0 Å². The van der Waals surface area contributed by atoms with Crippen molar-refractivity contribution < 1.29 is 4.79 Å². The number of nitrogens with one attached hydrogen (secondary N) is 1. The number of aromatic nitrogens is 2. The van der Waals surface area contributed by atoms with E-state index in [9.17, 15) is 4.79 Å². The number of hydrogen-bond donors (Lipinski definition) is 2. The van der Waals surface area contributed by atoms with Crippen LogP contribution in [0, 0.1) is 0 Å². The van der Waals surface area contributed by atoms with Crippen LogP contribution in [0.1, 0.15) is 15.4 Å². The van der Waals surface area contributed by atoms with Crippen LogP contribution in [0.2, 0.25) is 0 Å². The van der Waals surface area contributed by atoms with Crippen molar-refractivity contribution >= 4 is 38.3 Å². The SMILES string of the molecule is Nc1nnc(CCNC(=O)c2ccc(Br)cc2)s1. The van der Waals surface area contributed by atoms with Gasteiger partial charge in [0.05, 0.1) is 0 Å². The molecule has 1 aromatic heterocycles. The van der Waals surface area contributed by atoms with Gasteiger partial charge in [-0.2, -0.15) is 0 Å². The smallest absolute Gasteiger partial charge is 0.251 e. The summed E-state index contributed by atoms with van der Waals surface area (Å²) in [6, 6.07) is 7.20. The number of benzene rings is 1. The van der Waals surface area contributed by atoms with Gasteiger partial charge >= 0.3 is 0 Å². The molecule has 0 atom stereocenters. The molecule has 0 aliphatic carbocycles. The molecule has 0 aliphatic rings. The van der Waals surface area contributed by atoms with Crippen LogP contribution < -0.4 is 11.1 Å². The maximum atomic E-state index is 11.8. The number of anilines is 1. The molecule has 94 valence electrons.